The number of nitrogens with zero attached hydrogens (tertiary/aromatic N) is 1. The van der Waals surface area contributed by atoms with Gasteiger partial charge in [-0.25, -0.2) is 9.69 Å². The summed E-state index contributed by atoms with van der Waals surface area (Å²) in [6, 6.07) is 14.6. The Morgan fingerprint density at radius 1 is 0.947 bits per heavy atom. The number of urea groups is 1. The van der Waals surface area contributed by atoms with Gasteiger partial charge in [-0.05, 0) is 40.2 Å². The van der Waals surface area contributed by atoms with Crippen molar-refractivity contribution < 1.29 is 9.59 Å². The van der Waals surface area contributed by atoms with Crippen molar-refractivity contribution >= 4 is 33.6 Å². The summed E-state index contributed by atoms with van der Waals surface area (Å²) in [4.78, 5) is 24.9. The molecule has 2 rings (SSSR count). The molecule has 19 heavy (non-hydrogen) atoms. The van der Waals surface area contributed by atoms with Gasteiger partial charge in [0, 0.05) is 10.0 Å². The van der Waals surface area contributed by atoms with Crippen molar-refractivity contribution in [2.24, 2.45) is 5.73 Å². The Morgan fingerprint density at radius 3 is 2.11 bits per heavy atom. The van der Waals surface area contributed by atoms with Gasteiger partial charge >= 0.3 is 6.03 Å². The molecule has 0 aromatic heterocycles. The first kappa shape index (κ1) is 13.3. The fourth-order valence-corrected chi connectivity index (χ4v) is 2.13. The molecule has 0 fully saturated rings. The molecule has 3 amide bonds. The molecule has 2 N–H and O–H groups in total. The Balaban J connectivity index is 2.45. The summed E-state index contributed by atoms with van der Waals surface area (Å²) in [5.74, 6) is -0.458. The Morgan fingerprint density at radius 2 is 1.53 bits per heavy atom. The predicted molar refractivity (Wildman–Crippen MR) is 77.0 cm³/mol. The van der Waals surface area contributed by atoms with Crippen LogP contribution in [-0.2, 0) is 0 Å². The first-order valence-electron chi connectivity index (χ1n) is 5.54. The molecule has 0 aliphatic carbocycles. The molecule has 5 heteroatoms. The van der Waals surface area contributed by atoms with E-state index in [2.05, 4.69) is 15.9 Å². The van der Waals surface area contributed by atoms with Crippen LogP contribution in [0.15, 0.2) is 59.1 Å². The van der Waals surface area contributed by atoms with Crippen molar-refractivity contribution in [1.29, 1.82) is 0 Å². The molecule has 0 spiro atoms. The van der Waals surface area contributed by atoms with Gasteiger partial charge in [-0.1, -0.05) is 30.3 Å². The molecule has 0 saturated carbocycles. The first-order chi connectivity index (χ1) is 9.11. The summed E-state index contributed by atoms with van der Waals surface area (Å²) in [5.41, 5.74) is 6.14. The first-order valence-corrected chi connectivity index (χ1v) is 6.34. The number of nitrogens with two attached hydrogens (primary N) is 1. The zero-order valence-electron chi connectivity index (χ0n) is 9.92. The van der Waals surface area contributed by atoms with Gasteiger partial charge in [-0.2, -0.15) is 0 Å². The van der Waals surface area contributed by atoms with Crippen molar-refractivity contribution in [3.63, 3.8) is 0 Å². The van der Waals surface area contributed by atoms with Crippen molar-refractivity contribution in [2.45, 2.75) is 0 Å². The number of amides is 3. The average molecular weight is 319 g/mol. The second kappa shape index (κ2) is 5.67. The van der Waals surface area contributed by atoms with Crippen LogP contribution >= 0.6 is 15.9 Å². The SMILES string of the molecule is NC(=O)N(C(=O)c1ccccc1)c1ccccc1Br. The smallest absolute Gasteiger partial charge is 0.326 e. The second-order valence-electron chi connectivity index (χ2n) is 3.80. The van der Waals surface area contributed by atoms with E-state index in [9.17, 15) is 9.59 Å². The van der Waals surface area contributed by atoms with Crippen molar-refractivity contribution in [2.75, 3.05) is 4.90 Å². The van der Waals surface area contributed by atoms with Crippen LogP contribution in [0.25, 0.3) is 0 Å². The van der Waals surface area contributed by atoms with Gasteiger partial charge in [0.25, 0.3) is 5.91 Å². The van der Waals surface area contributed by atoms with Crippen LogP contribution in [0.3, 0.4) is 0 Å². The minimum atomic E-state index is -0.819. The number of hydrogen-bond donors (Lipinski definition) is 1. The van der Waals surface area contributed by atoms with Crippen LogP contribution in [-0.4, -0.2) is 11.9 Å². The van der Waals surface area contributed by atoms with E-state index in [0.29, 0.717) is 15.7 Å². The van der Waals surface area contributed by atoms with Gasteiger partial charge in [-0.15, -0.1) is 0 Å². The summed E-state index contributed by atoms with van der Waals surface area (Å²) >= 11 is 3.30. The Kier molecular flexibility index (Phi) is 3.97. The summed E-state index contributed by atoms with van der Waals surface area (Å²) in [7, 11) is 0. The summed E-state index contributed by atoms with van der Waals surface area (Å²) < 4.78 is 0.623. The molecule has 0 aliphatic rings. The van der Waals surface area contributed by atoms with Crippen LogP contribution in [0, 0.1) is 0 Å². The normalized spacial score (nSPS) is 9.95. The van der Waals surface area contributed by atoms with E-state index in [1.54, 1.807) is 54.6 Å². The van der Waals surface area contributed by atoms with Gasteiger partial charge in [0.2, 0.25) is 0 Å². The number of anilines is 1. The third-order valence-electron chi connectivity index (χ3n) is 2.54. The van der Waals surface area contributed by atoms with Crippen LogP contribution in [0.5, 0.6) is 0 Å². The fraction of sp³-hybridized carbons (Fsp3) is 0. The van der Waals surface area contributed by atoms with Gasteiger partial charge in [0.05, 0.1) is 5.69 Å². The lowest BCUT2D eigenvalue weighted by Gasteiger charge is -2.19. The molecule has 0 atom stereocenters. The molecule has 2 aromatic carbocycles. The summed E-state index contributed by atoms with van der Waals surface area (Å²) in [5, 5.41) is 0. The third-order valence-corrected chi connectivity index (χ3v) is 3.21. The Labute approximate surface area is 119 Å². The number of rotatable bonds is 2. The highest BCUT2D eigenvalue weighted by Gasteiger charge is 2.23. The number of benzene rings is 2. The zero-order valence-corrected chi connectivity index (χ0v) is 11.5. The molecule has 96 valence electrons. The summed E-state index contributed by atoms with van der Waals surface area (Å²) in [6.45, 7) is 0. The van der Waals surface area contributed by atoms with E-state index >= 15 is 0 Å². The van der Waals surface area contributed by atoms with E-state index in [0.717, 1.165) is 4.90 Å². The van der Waals surface area contributed by atoms with Gasteiger partial charge in [-0.3, -0.25) is 4.79 Å². The van der Waals surface area contributed by atoms with Crippen molar-refractivity contribution in [1.82, 2.24) is 0 Å². The molecule has 0 radical (unpaired) electrons. The molecular formula is C14H11BrN2O2. The van der Waals surface area contributed by atoms with E-state index < -0.39 is 11.9 Å². The topological polar surface area (TPSA) is 63.4 Å². The number of carbonyl (C=O) groups excluding carboxylic acids is 2. The van der Waals surface area contributed by atoms with Crippen LogP contribution < -0.4 is 10.6 Å². The van der Waals surface area contributed by atoms with Gasteiger partial charge < -0.3 is 5.73 Å². The van der Waals surface area contributed by atoms with E-state index in [1.807, 2.05) is 0 Å². The standard InChI is InChI=1S/C14H11BrN2O2/c15-11-8-4-5-9-12(11)17(14(16)19)13(18)10-6-2-1-3-7-10/h1-9H,(H2,16,19). The average Bonchev–Trinajstić information content (AvgIpc) is 2.42. The van der Waals surface area contributed by atoms with Crippen LogP contribution in [0.4, 0.5) is 10.5 Å². The maximum absolute atomic E-state index is 12.3. The molecule has 4 nitrogen and oxygen atoms in total. The quantitative estimate of drug-likeness (QED) is 0.924. The highest BCUT2D eigenvalue weighted by Crippen LogP contribution is 2.26. The molecule has 0 bridgehead atoms. The van der Waals surface area contributed by atoms with Crippen LogP contribution in [0.2, 0.25) is 0 Å². The number of para-hydroxylation sites is 1. The Bertz CT molecular complexity index is 614. The van der Waals surface area contributed by atoms with Gasteiger partial charge in [0.15, 0.2) is 0 Å². The number of primary amides is 1. The third kappa shape index (κ3) is 2.82. The number of carbonyl (C=O) groups is 2. The van der Waals surface area contributed by atoms with Crippen molar-refractivity contribution in [3.05, 3.63) is 64.6 Å². The van der Waals surface area contributed by atoms with Crippen molar-refractivity contribution in [3.8, 4) is 0 Å². The fourth-order valence-electron chi connectivity index (χ4n) is 1.67. The Hall–Kier alpha value is -2.14. The lowest BCUT2D eigenvalue weighted by atomic mass is 10.2. The highest BCUT2D eigenvalue weighted by atomic mass is 79.9. The molecular weight excluding hydrogens is 308 g/mol. The van der Waals surface area contributed by atoms with E-state index in [1.165, 1.54) is 0 Å². The van der Waals surface area contributed by atoms with Gasteiger partial charge in [0.1, 0.15) is 0 Å². The lowest BCUT2D eigenvalue weighted by Crippen LogP contribution is -2.41. The lowest BCUT2D eigenvalue weighted by molar-refractivity contribution is 0.0995. The monoisotopic (exact) mass is 318 g/mol. The van der Waals surface area contributed by atoms with Crippen LogP contribution in [0.1, 0.15) is 10.4 Å². The molecule has 2 aromatic rings. The molecule has 0 aliphatic heterocycles. The second-order valence-corrected chi connectivity index (χ2v) is 4.65. The highest BCUT2D eigenvalue weighted by molar-refractivity contribution is 9.10. The summed E-state index contributed by atoms with van der Waals surface area (Å²) in [6.07, 6.45) is 0. The number of hydrogen-bond acceptors (Lipinski definition) is 2. The maximum atomic E-state index is 12.3. The van der Waals surface area contributed by atoms with E-state index in [-0.39, 0.29) is 0 Å². The minimum Gasteiger partial charge on any atom is -0.351 e. The zero-order chi connectivity index (χ0) is 13.8. The molecule has 0 heterocycles. The molecule has 0 saturated heterocycles. The van der Waals surface area contributed by atoms with E-state index in [4.69, 9.17) is 5.73 Å². The predicted octanol–water partition coefficient (Wildman–Crippen LogP) is 3.17. The largest absolute Gasteiger partial charge is 0.351 e. The molecule has 0 unspecified atom stereocenters. The maximum Gasteiger partial charge on any atom is 0.326 e. The number of halogens is 1. The number of imide groups is 1. The minimum absolute atomic E-state index is 0.400.